The molecule has 0 amide bonds. The van der Waals surface area contributed by atoms with Crippen molar-refractivity contribution >= 4 is 28.2 Å². The summed E-state index contributed by atoms with van der Waals surface area (Å²) in [5, 5.41) is 35.3. The zero-order valence-corrected chi connectivity index (χ0v) is 11.9. The summed E-state index contributed by atoms with van der Waals surface area (Å²) in [7, 11) is 0. The van der Waals surface area contributed by atoms with Crippen molar-refractivity contribution in [2.75, 3.05) is 0 Å². The number of nitro groups is 1. The van der Waals surface area contributed by atoms with Crippen LogP contribution in [0.5, 0.6) is 0 Å². The summed E-state index contributed by atoms with van der Waals surface area (Å²) in [4.78, 5) is 10.1. The van der Waals surface area contributed by atoms with Crippen molar-refractivity contribution in [1.29, 1.82) is 5.26 Å². The summed E-state index contributed by atoms with van der Waals surface area (Å²) < 4.78 is 15.1. The lowest BCUT2D eigenvalue weighted by atomic mass is 10.1. The van der Waals surface area contributed by atoms with Gasteiger partial charge in [0, 0.05) is 18.3 Å². The maximum Gasteiger partial charge on any atom is 0.272 e. The molecule has 0 unspecified atom stereocenters. The summed E-state index contributed by atoms with van der Waals surface area (Å²) >= 11 is 6.01. The van der Waals surface area contributed by atoms with E-state index in [1.54, 1.807) is 6.07 Å². The number of halogens is 2. The van der Waals surface area contributed by atoms with E-state index in [0.29, 0.717) is 6.20 Å². The highest BCUT2D eigenvalue weighted by Crippen LogP contribution is 2.30. The zero-order chi connectivity index (χ0) is 16.7. The Hall–Kier alpha value is -3.25. The highest BCUT2D eigenvalue weighted by atomic mass is 35.5. The number of fused-ring (bicyclic) bond motifs is 1. The molecule has 0 radical (unpaired) electrons. The van der Waals surface area contributed by atoms with Gasteiger partial charge in [-0.2, -0.15) is 19.5 Å². The summed E-state index contributed by atoms with van der Waals surface area (Å²) in [6.07, 6.45) is 3.12. The smallest absolute Gasteiger partial charge is 0.272 e. The highest BCUT2D eigenvalue weighted by Gasteiger charge is 2.20. The van der Waals surface area contributed by atoms with Gasteiger partial charge in [-0.1, -0.05) is 11.6 Å². The summed E-state index contributed by atoms with van der Waals surface area (Å²) in [6.45, 7) is 0. The molecule has 0 aliphatic carbocycles. The third kappa shape index (κ3) is 2.41. The molecular weight excluding hydrogens is 329 g/mol. The van der Waals surface area contributed by atoms with Crippen LogP contribution in [0.2, 0.25) is 5.02 Å². The molecular formula is C13H5ClFN5O3. The van der Waals surface area contributed by atoms with Crippen LogP contribution in [0.4, 0.5) is 10.1 Å². The monoisotopic (exact) mass is 333 g/mol. The van der Waals surface area contributed by atoms with Crippen LogP contribution in [-0.2, 0) is 0 Å². The van der Waals surface area contributed by atoms with E-state index in [4.69, 9.17) is 11.6 Å². The summed E-state index contributed by atoms with van der Waals surface area (Å²) in [5.41, 5.74) is -0.480. The van der Waals surface area contributed by atoms with Crippen molar-refractivity contribution < 1.29 is 14.0 Å². The molecule has 3 rings (SSSR count). The second-order valence-corrected chi connectivity index (χ2v) is 4.94. The highest BCUT2D eigenvalue weighted by molar-refractivity contribution is 6.32. The Bertz CT molecular complexity index is 1010. The molecule has 8 nitrogen and oxygen atoms in total. The van der Waals surface area contributed by atoms with Crippen molar-refractivity contribution in [3.05, 3.63) is 62.4 Å². The van der Waals surface area contributed by atoms with Gasteiger partial charge >= 0.3 is 0 Å². The maximum absolute atomic E-state index is 13.7. The Morgan fingerprint density at radius 1 is 1.43 bits per heavy atom. The van der Waals surface area contributed by atoms with E-state index >= 15 is 0 Å². The average Bonchev–Trinajstić information content (AvgIpc) is 2.89. The van der Waals surface area contributed by atoms with Crippen LogP contribution in [0.25, 0.3) is 16.6 Å². The lowest BCUT2D eigenvalue weighted by molar-refractivity contribution is -0.605. The van der Waals surface area contributed by atoms with Crippen molar-refractivity contribution in [2.45, 2.75) is 0 Å². The van der Waals surface area contributed by atoms with E-state index in [1.807, 2.05) is 0 Å². The van der Waals surface area contributed by atoms with Crippen molar-refractivity contribution in [3.8, 4) is 11.8 Å². The molecule has 23 heavy (non-hydrogen) atoms. The first kappa shape index (κ1) is 14.7. The van der Waals surface area contributed by atoms with Crippen LogP contribution >= 0.6 is 11.6 Å². The minimum Gasteiger partial charge on any atom is -0.619 e. The van der Waals surface area contributed by atoms with Crippen LogP contribution in [-0.4, -0.2) is 14.7 Å². The zero-order valence-electron chi connectivity index (χ0n) is 11.1. The maximum atomic E-state index is 13.7. The fourth-order valence-corrected chi connectivity index (χ4v) is 2.44. The van der Waals surface area contributed by atoms with Gasteiger partial charge in [-0.15, -0.1) is 0 Å². The molecule has 3 aromatic rings. The number of hydrogen-bond acceptors (Lipinski definition) is 5. The van der Waals surface area contributed by atoms with Gasteiger partial charge in [-0.3, -0.25) is 10.1 Å². The third-order valence-corrected chi connectivity index (χ3v) is 3.37. The molecule has 1 aromatic carbocycles. The Kier molecular flexibility index (Phi) is 3.31. The predicted molar refractivity (Wildman–Crippen MR) is 76.4 cm³/mol. The standard InChI is InChI=1S/C13H5ClFN5O3/c14-10-2-9(20(22)23)1-7(3-16)13(10)19-5-8-4-18(21)6-11(15)12(8)17-19/h1-2,4-6H. The van der Waals surface area contributed by atoms with E-state index in [-0.39, 0.29) is 37.6 Å². The van der Waals surface area contributed by atoms with Crippen LogP contribution in [0.3, 0.4) is 0 Å². The molecule has 10 heteroatoms. The molecule has 0 fully saturated rings. The number of nitro benzene ring substituents is 1. The second-order valence-electron chi connectivity index (χ2n) is 4.54. The minimum atomic E-state index is -0.840. The van der Waals surface area contributed by atoms with E-state index in [0.717, 1.165) is 23.0 Å². The molecule has 0 aliphatic heterocycles. The molecule has 0 saturated carbocycles. The molecule has 0 saturated heterocycles. The van der Waals surface area contributed by atoms with Gasteiger partial charge < -0.3 is 5.21 Å². The van der Waals surface area contributed by atoms with Gasteiger partial charge in [0.15, 0.2) is 6.20 Å². The van der Waals surface area contributed by atoms with E-state index < -0.39 is 10.7 Å². The van der Waals surface area contributed by atoms with Gasteiger partial charge in [-0.05, 0) is 0 Å². The predicted octanol–water partition coefficient (Wildman–Crippen LogP) is 2.23. The number of rotatable bonds is 2. The van der Waals surface area contributed by atoms with Crippen molar-refractivity contribution in [3.63, 3.8) is 0 Å². The molecule has 114 valence electrons. The van der Waals surface area contributed by atoms with Crippen LogP contribution < -0.4 is 4.73 Å². The van der Waals surface area contributed by atoms with Gasteiger partial charge in [0.2, 0.25) is 12.0 Å². The molecule has 0 bridgehead atoms. The van der Waals surface area contributed by atoms with E-state index in [1.165, 1.54) is 6.20 Å². The number of hydrogen-bond donors (Lipinski definition) is 0. The van der Waals surface area contributed by atoms with Crippen LogP contribution in [0.1, 0.15) is 5.56 Å². The van der Waals surface area contributed by atoms with E-state index in [9.17, 15) is 25.0 Å². The lowest BCUT2D eigenvalue weighted by Gasteiger charge is -2.06. The van der Waals surface area contributed by atoms with Gasteiger partial charge in [0.25, 0.3) is 5.69 Å². The Labute approximate surface area is 132 Å². The lowest BCUT2D eigenvalue weighted by Crippen LogP contribution is -2.24. The SMILES string of the molecule is N#Cc1cc([N+](=O)[O-])cc(Cl)c1-n1cc2c[n+]([O-])cc(F)c2n1. The number of benzene rings is 1. The molecule has 2 heterocycles. The first-order chi connectivity index (χ1) is 10.9. The van der Waals surface area contributed by atoms with Crippen molar-refractivity contribution in [2.24, 2.45) is 0 Å². The first-order valence-electron chi connectivity index (χ1n) is 6.07. The Morgan fingerprint density at radius 2 is 2.17 bits per heavy atom. The third-order valence-electron chi connectivity index (χ3n) is 3.08. The van der Waals surface area contributed by atoms with Crippen LogP contribution in [0.15, 0.2) is 30.7 Å². The topological polar surface area (TPSA) is 112 Å². The number of pyridine rings is 1. The van der Waals surface area contributed by atoms with Gasteiger partial charge in [0.05, 0.1) is 20.9 Å². The molecule has 0 N–H and O–H groups in total. The van der Waals surface area contributed by atoms with Gasteiger partial charge in [-0.25, -0.2) is 4.68 Å². The molecule has 2 aromatic heterocycles. The summed E-state index contributed by atoms with van der Waals surface area (Å²) in [6, 6.07) is 3.89. The number of nitrogens with zero attached hydrogens (tertiary/aromatic N) is 5. The number of nitriles is 1. The second kappa shape index (κ2) is 5.19. The Balaban J connectivity index is 2.29. The quantitative estimate of drug-likeness (QED) is 0.309. The van der Waals surface area contributed by atoms with Crippen molar-refractivity contribution in [1.82, 2.24) is 9.78 Å². The van der Waals surface area contributed by atoms with Crippen LogP contribution in [0, 0.1) is 32.5 Å². The molecule has 0 atom stereocenters. The molecule has 0 aliphatic rings. The van der Waals surface area contributed by atoms with E-state index in [2.05, 4.69) is 5.10 Å². The fourth-order valence-electron chi connectivity index (χ4n) is 2.14. The first-order valence-corrected chi connectivity index (χ1v) is 6.44. The number of aromatic nitrogens is 3. The minimum absolute atomic E-state index is 0.0628. The average molecular weight is 334 g/mol. The largest absolute Gasteiger partial charge is 0.619 e. The van der Waals surface area contributed by atoms with Gasteiger partial charge in [0.1, 0.15) is 17.3 Å². The fraction of sp³-hybridized carbons (Fsp3) is 0. The summed E-state index contributed by atoms with van der Waals surface area (Å²) in [5.74, 6) is -0.840. The normalized spacial score (nSPS) is 10.7. The molecule has 0 spiro atoms. The Morgan fingerprint density at radius 3 is 2.83 bits per heavy atom. The number of non-ortho nitro benzene ring substituents is 1.